The van der Waals surface area contributed by atoms with E-state index in [4.69, 9.17) is 27.9 Å². The number of nitrogens with zero attached hydrogens (tertiary/aromatic N) is 3. The van der Waals surface area contributed by atoms with Gasteiger partial charge in [-0.3, -0.25) is 4.79 Å². The van der Waals surface area contributed by atoms with Gasteiger partial charge in [0.2, 0.25) is 0 Å². The number of carbonyl (C=O) groups excluding carboxylic acids is 1. The number of sulfone groups is 1. The van der Waals surface area contributed by atoms with E-state index in [0.717, 1.165) is 22.1 Å². The van der Waals surface area contributed by atoms with Gasteiger partial charge in [-0.2, -0.15) is 9.19 Å². The predicted octanol–water partition coefficient (Wildman–Crippen LogP) is 5.11. The monoisotopic (exact) mass is 659 g/mol. The van der Waals surface area contributed by atoms with Gasteiger partial charge in [-0.1, -0.05) is 53.5 Å². The van der Waals surface area contributed by atoms with Crippen molar-refractivity contribution in [1.82, 2.24) is 14.1 Å². The van der Waals surface area contributed by atoms with Crippen LogP contribution >= 0.6 is 23.2 Å². The molecule has 4 aromatic rings. The summed E-state index contributed by atoms with van der Waals surface area (Å²) in [7, 11) is -7.70. The number of amides is 1. The highest BCUT2D eigenvalue weighted by Gasteiger charge is 2.61. The Kier molecular flexibility index (Phi) is 7.56. The van der Waals surface area contributed by atoms with Crippen LogP contribution in [0.15, 0.2) is 84.0 Å². The largest absolute Gasteiger partial charge is 0.489 e. The zero-order valence-electron chi connectivity index (χ0n) is 23.0. The maximum absolute atomic E-state index is 14.6. The molecule has 0 radical (unpaired) electrons. The van der Waals surface area contributed by atoms with Crippen LogP contribution < -0.4 is 4.74 Å². The van der Waals surface area contributed by atoms with Crippen molar-refractivity contribution in [2.75, 3.05) is 12.8 Å². The van der Waals surface area contributed by atoms with Crippen LogP contribution in [0.4, 0.5) is 0 Å². The summed E-state index contributed by atoms with van der Waals surface area (Å²) in [5, 5.41) is 4.80. The quantitative estimate of drug-likeness (QED) is 0.271. The molecular formula is C30H27Cl2N3O6S2. The molecule has 43 heavy (non-hydrogen) atoms. The molecule has 0 spiro atoms. The van der Waals surface area contributed by atoms with Crippen LogP contribution in [0.3, 0.4) is 0 Å². The Bertz CT molecular complexity index is 1930. The normalized spacial score (nSPS) is 20.0. The van der Waals surface area contributed by atoms with E-state index < -0.39 is 36.6 Å². The second-order valence-corrected chi connectivity index (χ2v) is 15.5. The van der Waals surface area contributed by atoms with Gasteiger partial charge in [-0.15, -0.1) is 0 Å². The molecule has 1 aliphatic heterocycles. The highest BCUT2D eigenvalue weighted by molar-refractivity contribution is 7.92. The van der Waals surface area contributed by atoms with Crippen molar-refractivity contribution in [2.45, 2.75) is 41.6 Å². The molecule has 9 nitrogen and oxygen atoms in total. The summed E-state index contributed by atoms with van der Waals surface area (Å²) in [5.74, 6) is 0.0737. The van der Waals surface area contributed by atoms with Gasteiger partial charge in [0.25, 0.3) is 15.9 Å². The van der Waals surface area contributed by atoms with E-state index in [2.05, 4.69) is 5.10 Å². The number of fused-ring (bicyclic) bond motifs is 3. The van der Waals surface area contributed by atoms with E-state index in [1.165, 1.54) is 6.20 Å². The minimum Gasteiger partial charge on any atom is -0.489 e. The summed E-state index contributed by atoms with van der Waals surface area (Å²) in [6, 6.07) is 18.1. The van der Waals surface area contributed by atoms with E-state index >= 15 is 0 Å². The van der Waals surface area contributed by atoms with Crippen molar-refractivity contribution in [3.8, 4) is 5.75 Å². The predicted molar refractivity (Wildman–Crippen MR) is 163 cm³/mol. The highest BCUT2D eigenvalue weighted by atomic mass is 35.5. The number of halogens is 2. The average molecular weight is 661 g/mol. The molecule has 1 amide bonds. The Labute approximate surface area is 260 Å². The molecule has 6 rings (SSSR count). The Morgan fingerprint density at radius 1 is 1.02 bits per heavy atom. The highest BCUT2D eigenvalue weighted by Crippen LogP contribution is 2.53. The molecule has 0 bridgehead atoms. The lowest BCUT2D eigenvalue weighted by atomic mass is 9.78. The second-order valence-electron chi connectivity index (χ2n) is 10.7. The summed E-state index contributed by atoms with van der Waals surface area (Å²) < 4.78 is 58.4. The van der Waals surface area contributed by atoms with Crippen molar-refractivity contribution in [1.29, 1.82) is 0 Å². The molecule has 0 unspecified atom stereocenters. The molecular weight excluding hydrogens is 633 g/mol. The van der Waals surface area contributed by atoms with Gasteiger partial charge in [-0.25, -0.2) is 16.8 Å². The number of hydrogen-bond acceptors (Lipinski definition) is 7. The van der Waals surface area contributed by atoms with Gasteiger partial charge in [-0.05, 0) is 66.8 Å². The minimum atomic E-state index is -4.01. The van der Waals surface area contributed by atoms with E-state index in [1.54, 1.807) is 65.6 Å². The van der Waals surface area contributed by atoms with E-state index in [9.17, 15) is 21.6 Å². The molecule has 2 aliphatic rings. The SMILES string of the molecule is CS(=O)(=O)n1cc(C(=O)N2CC[C@@]3(S(=O)(=O)c4ccccc4)c4ccc(OCc5c(Cl)cccc5Cl)cc4CC[C@@H]23)cn1. The topological polar surface area (TPSA) is 116 Å². The number of carbonyl (C=O) groups is 1. The Morgan fingerprint density at radius 2 is 1.74 bits per heavy atom. The summed E-state index contributed by atoms with van der Waals surface area (Å²) in [6.45, 7) is 0.305. The van der Waals surface area contributed by atoms with E-state index in [0.29, 0.717) is 39.8 Å². The second kappa shape index (κ2) is 11.0. The third-order valence-electron chi connectivity index (χ3n) is 8.24. The summed E-state index contributed by atoms with van der Waals surface area (Å²) in [5.41, 5.74) is 2.16. The maximum atomic E-state index is 14.6. The summed E-state index contributed by atoms with van der Waals surface area (Å²) >= 11 is 12.6. The first-order chi connectivity index (χ1) is 20.4. The lowest BCUT2D eigenvalue weighted by Gasteiger charge is -2.42. The van der Waals surface area contributed by atoms with Gasteiger partial charge in [0.1, 0.15) is 17.1 Å². The molecule has 13 heteroatoms. The number of hydrogen-bond donors (Lipinski definition) is 0. The van der Waals surface area contributed by atoms with Crippen LogP contribution in [0.2, 0.25) is 10.0 Å². The fourth-order valence-corrected chi connectivity index (χ4v) is 9.65. The van der Waals surface area contributed by atoms with Crippen molar-refractivity contribution in [3.05, 3.63) is 111 Å². The van der Waals surface area contributed by atoms with Crippen LogP contribution in [0.5, 0.6) is 5.75 Å². The van der Waals surface area contributed by atoms with Gasteiger partial charge < -0.3 is 9.64 Å². The number of ether oxygens (including phenoxy) is 1. The van der Waals surface area contributed by atoms with Crippen molar-refractivity contribution in [3.63, 3.8) is 0 Å². The Morgan fingerprint density at radius 3 is 2.42 bits per heavy atom. The first-order valence-corrected chi connectivity index (χ1v) is 17.6. The molecule has 224 valence electrons. The first kappa shape index (κ1) is 29.7. The lowest BCUT2D eigenvalue weighted by molar-refractivity contribution is 0.0712. The zero-order chi connectivity index (χ0) is 30.6. The molecule has 0 saturated carbocycles. The van der Waals surface area contributed by atoms with Crippen LogP contribution in [-0.4, -0.2) is 55.7 Å². The lowest BCUT2D eigenvalue weighted by Crippen LogP contribution is -2.52. The minimum absolute atomic E-state index is 0.0751. The zero-order valence-corrected chi connectivity index (χ0v) is 26.1. The standard InChI is InChI=1S/C30H27Cl2N3O6S2/c1-42(37,38)35-18-21(17-33-35)29(36)34-15-14-30(43(39,40)23-6-3-2-4-7-23)25-12-11-22(16-20(25)10-13-28(30)34)41-19-24-26(31)8-5-9-27(24)32/h2-9,11-12,16-18,28H,10,13-15,19H2,1H3/t28-,30-/m1/s1. The van der Waals surface area contributed by atoms with E-state index in [-0.39, 0.29) is 30.0 Å². The van der Waals surface area contributed by atoms with Gasteiger partial charge in [0, 0.05) is 22.2 Å². The van der Waals surface area contributed by atoms with Crippen LogP contribution in [0.1, 0.15) is 39.9 Å². The van der Waals surface area contributed by atoms with Crippen LogP contribution in [0, 0.1) is 0 Å². The number of aromatic nitrogens is 2. The first-order valence-electron chi connectivity index (χ1n) is 13.5. The number of likely N-dealkylation sites (tertiary alicyclic amines) is 1. The van der Waals surface area contributed by atoms with Gasteiger partial charge in [0.05, 0.1) is 35.2 Å². The Balaban J connectivity index is 1.40. The summed E-state index contributed by atoms with van der Waals surface area (Å²) in [6.07, 6.45) is 4.40. The smallest absolute Gasteiger partial charge is 0.257 e. The molecule has 1 saturated heterocycles. The molecule has 1 aromatic heterocycles. The number of rotatable bonds is 7. The van der Waals surface area contributed by atoms with Gasteiger partial charge >= 0.3 is 0 Å². The molecule has 2 heterocycles. The van der Waals surface area contributed by atoms with E-state index in [1.807, 2.05) is 6.07 Å². The molecule has 2 atom stereocenters. The Hall–Kier alpha value is -3.38. The van der Waals surface area contributed by atoms with Crippen molar-refractivity contribution >= 4 is 49.0 Å². The summed E-state index contributed by atoms with van der Waals surface area (Å²) in [4.78, 5) is 15.4. The molecule has 3 aromatic carbocycles. The third-order valence-corrected chi connectivity index (χ3v) is 12.4. The van der Waals surface area contributed by atoms with Crippen molar-refractivity contribution < 1.29 is 26.4 Å². The molecule has 1 aliphatic carbocycles. The number of benzene rings is 3. The maximum Gasteiger partial charge on any atom is 0.257 e. The average Bonchev–Trinajstić information content (AvgIpc) is 3.64. The van der Waals surface area contributed by atoms with Crippen LogP contribution in [-0.2, 0) is 37.6 Å². The molecule has 1 fully saturated rings. The van der Waals surface area contributed by atoms with Crippen molar-refractivity contribution in [2.24, 2.45) is 0 Å². The third kappa shape index (κ3) is 5.02. The van der Waals surface area contributed by atoms with Crippen LogP contribution in [0.25, 0.3) is 0 Å². The number of aryl methyl sites for hydroxylation is 1. The fourth-order valence-electron chi connectivity index (χ4n) is 6.24. The van der Waals surface area contributed by atoms with Gasteiger partial charge in [0.15, 0.2) is 9.84 Å². The molecule has 0 N–H and O–H groups in total. The fraction of sp³-hybridized carbons (Fsp3) is 0.267.